The zero-order valence-electron chi connectivity index (χ0n) is 23.7. The fourth-order valence-corrected chi connectivity index (χ4v) is 7.99. The minimum absolute atomic E-state index is 0.0767. The number of benzene rings is 2. The Morgan fingerprint density at radius 1 is 0.927 bits per heavy atom. The zero-order valence-corrected chi connectivity index (χ0v) is 26.6. The summed E-state index contributed by atoms with van der Waals surface area (Å²) in [4.78, 5) is 25.5. The van der Waals surface area contributed by atoms with Crippen LogP contribution in [-0.4, -0.2) is 36.6 Å². The molecule has 218 valence electrons. The molecule has 0 bridgehead atoms. The zero-order chi connectivity index (χ0) is 29.2. The first-order chi connectivity index (χ1) is 19.5. The Kier molecular flexibility index (Phi) is 9.21. The van der Waals surface area contributed by atoms with Gasteiger partial charge in [-0.05, 0) is 105 Å². The number of alkyl halides is 1. The van der Waals surface area contributed by atoms with Crippen LogP contribution in [0.4, 0.5) is 0 Å². The van der Waals surface area contributed by atoms with Gasteiger partial charge in [0.05, 0.1) is 8.32 Å². The molecule has 0 aromatic heterocycles. The van der Waals surface area contributed by atoms with Crippen molar-refractivity contribution in [1.29, 1.82) is 0 Å². The number of ketones is 2. The number of halogens is 1. The molecule has 3 aliphatic rings. The fraction of sp³-hybridized carbons (Fsp3) is 0.455. The van der Waals surface area contributed by atoms with Crippen LogP contribution >= 0.6 is 22.6 Å². The van der Waals surface area contributed by atoms with Gasteiger partial charge in [0.1, 0.15) is 24.7 Å². The predicted molar refractivity (Wildman–Crippen MR) is 167 cm³/mol. The highest BCUT2D eigenvalue weighted by Gasteiger charge is 2.40. The molecule has 6 nitrogen and oxygen atoms in total. The molecule has 1 saturated carbocycles. The van der Waals surface area contributed by atoms with Gasteiger partial charge in [-0.3, -0.25) is 13.8 Å². The van der Waals surface area contributed by atoms with Crippen LogP contribution in [-0.2, 0) is 23.9 Å². The minimum Gasteiger partial charge on any atom is -0.491 e. The van der Waals surface area contributed by atoms with E-state index >= 15 is 0 Å². The normalized spacial score (nSPS) is 25.4. The average Bonchev–Trinajstić information content (AvgIpc) is 2.99. The van der Waals surface area contributed by atoms with Crippen molar-refractivity contribution >= 4 is 44.3 Å². The highest BCUT2D eigenvalue weighted by Crippen LogP contribution is 2.51. The topological polar surface area (TPSA) is 86.7 Å². The summed E-state index contributed by atoms with van der Waals surface area (Å²) in [7, 11) is -3.84. The van der Waals surface area contributed by atoms with E-state index in [4.69, 9.17) is 8.92 Å². The second kappa shape index (κ2) is 12.5. The molecule has 0 spiro atoms. The first kappa shape index (κ1) is 30.2. The Morgan fingerprint density at radius 2 is 1.66 bits per heavy atom. The van der Waals surface area contributed by atoms with Crippen molar-refractivity contribution in [3.8, 4) is 5.75 Å². The molecule has 0 amide bonds. The van der Waals surface area contributed by atoms with Crippen LogP contribution in [0.5, 0.6) is 5.75 Å². The summed E-state index contributed by atoms with van der Waals surface area (Å²) in [6.45, 7) is 3.95. The molecule has 0 N–H and O–H groups in total. The number of fused-ring (bicyclic) bond motifs is 2. The largest absolute Gasteiger partial charge is 0.491 e. The Balaban J connectivity index is 1.34. The summed E-state index contributed by atoms with van der Waals surface area (Å²) in [6.07, 6.45) is 8.38. The van der Waals surface area contributed by atoms with Gasteiger partial charge < -0.3 is 4.74 Å². The molecule has 5 rings (SSSR count). The van der Waals surface area contributed by atoms with Crippen LogP contribution < -0.4 is 4.74 Å². The molecule has 2 aromatic rings. The molecule has 1 fully saturated rings. The molecule has 0 aliphatic heterocycles. The van der Waals surface area contributed by atoms with E-state index in [0.29, 0.717) is 36.7 Å². The quantitative estimate of drug-likeness (QED) is 0.133. The summed E-state index contributed by atoms with van der Waals surface area (Å²) in [5.41, 5.74) is 6.08. The van der Waals surface area contributed by atoms with E-state index < -0.39 is 13.5 Å². The summed E-state index contributed by atoms with van der Waals surface area (Å²) in [5, 5.41) is 0. The van der Waals surface area contributed by atoms with Crippen molar-refractivity contribution in [1.82, 2.24) is 0 Å². The predicted octanol–water partition coefficient (Wildman–Crippen LogP) is 7.20. The lowest BCUT2D eigenvalue weighted by Crippen LogP contribution is -2.31. The number of aryl methyl sites for hydroxylation is 1. The molecule has 2 aromatic carbocycles. The number of Topliss-reactive ketones (excluding diaryl/α,β-unsaturated/α-hetero) is 1. The summed E-state index contributed by atoms with van der Waals surface area (Å²) >= 11 is 2.35. The van der Waals surface area contributed by atoms with Crippen LogP contribution in [0, 0.1) is 12.8 Å². The highest BCUT2D eigenvalue weighted by molar-refractivity contribution is 14.1. The van der Waals surface area contributed by atoms with Crippen molar-refractivity contribution in [3.63, 3.8) is 0 Å². The van der Waals surface area contributed by atoms with Crippen molar-refractivity contribution in [2.75, 3.05) is 13.2 Å². The summed E-state index contributed by atoms with van der Waals surface area (Å²) in [5.74, 6) is 1.65. The first-order valence-corrected chi connectivity index (χ1v) is 16.9. The molecule has 3 atom stereocenters. The second-order valence-corrected chi connectivity index (χ2v) is 15.6. The number of carbonyl (C=O) groups excluding carboxylic acids is 2. The third kappa shape index (κ3) is 7.03. The standard InChI is InChI=1S/C33H37IO6S/c1-22-6-15-28(16-7-22)41(37,38)40-19-18-39-27-13-10-23(11-14-27)30-21-33(2,34)31(36)5-3-4-24-8-9-25-20-26(35)12-17-29(25)32(24)30/h6-7,10-11,13-16,20,24,30H,3-5,8-9,12,17-19,21H2,1-2H3/t24?,30-,33-/m1/s1. The van der Waals surface area contributed by atoms with Crippen molar-refractivity contribution in [2.24, 2.45) is 5.92 Å². The second-order valence-electron chi connectivity index (χ2n) is 11.6. The van der Waals surface area contributed by atoms with Gasteiger partial charge >= 0.3 is 0 Å². The van der Waals surface area contributed by atoms with Gasteiger partial charge in [-0.15, -0.1) is 0 Å². The van der Waals surface area contributed by atoms with Gasteiger partial charge in [-0.25, -0.2) is 0 Å². The molecular weight excluding hydrogens is 651 g/mol. The minimum atomic E-state index is -3.84. The van der Waals surface area contributed by atoms with Crippen LogP contribution in [0.3, 0.4) is 0 Å². The molecular formula is C33H37IO6S. The smallest absolute Gasteiger partial charge is 0.297 e. The van der Waals surface area contributed by atoms with Gasteiger partial charge in [0.25, 0.3) is 10.1 Å². The molecule has 41 heavy (non-hydrogen) atoms. The first-order valence-electron chi connectivity index (χ1n) is 14.4. The van der Waals surface area contributed by atoms with E-state index in [-0.39, 0.29) is 29.8 Å². The Hall–Kier alpha value is -2.30. The van der Waals surface area contributed by atoms with Crippen LogP contribution in [0.2, 0.25) is 0 Å². The molecule has 0 saturated heterocycles. The maximum atomic E-state index is 13.2. The number of ether oxygens (including phenoxy) is 1. The average molecular weight is 689 g/mol. The number of rotatable bonds is 7. The molecule has 1 unspecified atom stereocenters. The lowest BCUT2D eigenvalue weighted by atomic mass is 9.67. The van der Waals surface area contributed by atoms with Gasteiger partial charge in [-0.2, -0.15) is 8.42 Å². The Bertz CT molecular complexity index is 1470. The summed E-state index contributed by atoms with van der Waals surface area (Å²) in [6, 6.07) is 14.5. The maximum Gasteiger partial charge on any atom is 0.297 e. The number of hydrogen-bond acceptors (Lipinski definition) is 6. The van der Waals surface area contributed by atoms with E-state index in [2.05, 4.69) is 41.6 Å². The summed E-state index contributed by atoms with van der Waals surface area (Å²) < 4.78 is 35.4. The maximum absolute atomic E-state index is 13.2. The monoisotopic (exact) mass is 688 g/mol. The van der Waals surface area contributed by atoms with E-state index in [1.165, 1.54) is 28.9 Å². The van der Waals surface area contributed by atoms with Gasteiger partial charge in [0.15, 0.2) is 5.78 Å². The van der Waals surface area contributed by atoms with E-state index in [9.17, 15) is 18.0 Å². The number of allylic oxidation sites excluding steroid dienone is 4. The number of hydrogen-bond donors (Lipinski definition) is 0. The third-order valence-corrected chi connectivity index (χ3v) is 10.9. The van der Waals surface area contributed by atoms with Gasteiger partial charge in [0, 0.05) is 18.8 Å². The third-order valence-electron chi connectivity index (χ3n) is 8.58. The molecule has 0 radical (unpaired) electrons. The molecule has 0 heterocycles. The number of carbonyl (C=O) groups is 2. The van der Waals surface area contributed by atoms with Crippen LogP contribution in [0.25, 0.3) is 0 Å². The van der Waals surface area contributed by atoms with Crippen LogP contribution in [0.15, 0.2) is 76.2 Å². The van der Waals surface area contributed by atoms with Crippen LogP contribution in [0.1, 0.15) is 75.3 Å². The van der Waals surface area contributed by atoms with E-state index in [0.717, 1.165) is 43.2 Å². The van der Waals surface area contributed by atoms with Crippen molar-refractivity contribution < 1.29 is 26.9 Å². The molecule has 8 heteroatoms. The Labute approximate surface area is 256 Å². The van der Waals surface area contributed by atoms with Crippen molar-refractivity contribution in [3.05, 3.63) is 82.5 Å². The molecule has 3 aliphatic carbocycles. The van der Waals surface area contributed by atoms with E-state index in [1.54, 1.807) is 12.1 Å². The highest BCUT2D eigenvalue weighted by atomic mass is 127. The van der Waals surface area contributed by atoms with E-state index in [1.807, 2.05) is 25.1 Å². The van der Waals surface area contributed by atoms with Crippen molar-refractivity contribution in [2.45, 2.75) is 79.4 Å². The van der Waals surface area contributed by atoms with Gasteiger partial charge in [-0.1, -0.05) is 58.0 Å². The lowest BCUT2D eigenvalue weighted by molar-refractivity contribution is -0.120. The Morgan fingerprint density at radius 3 is 2.39 bits per heavy atom. The lowest BCUT2D eigenvalue weighted by Gasteiger charge is -2.38. The van der Waals surface area contributed by atoms with Gasteiger partial charge in [0.2, 0.25) is 0 Å². The fourth-order valence-electron chi connectivity index (χ4n) is 6.39. The SMILES string of the molecule is Cc1ccc(S(=O)(=O)OCCOc2ccc([C@H]3C[C@@](C)(I)C(=O)CCCC4CCC5=CC(=O)CCC5=C43)cc2)cc1.